The van der Waals surface area contributed by atoms with E-state index < -0.39 is 17.2 Å². The van der Waals surface area contributed by atoms with E-state index in [1.807, 2.05) is 0 Å². The third-order valence-corrected chi connectivity index (χ3v) is 5.10. The number of benzene rings is 1. The van der Waals surface area contributed by atoms with Gasteiger partial charge in [-0.25, -0.2) is 8.78 Å². The molecule has 1 amide bonds. The van der Waals surface area contributed by atoms with Crippen LogP contribution in [0.5, 0.6) is 0 Å². The molecule has 2 N–H and O–H groups in total. The first-order valence-corrected chi connectivity index (χ1v) is 8.67. The molecule has 0 bridgehead atoms. The van der Waals surface area contributed by atoms with Gasteiger partial charge in [-0.3, -0.25) is 4.79 Å². The average Bonchev–Trinajstić information content (AvgIpc) is 3.07. The number of hydrogen-bond acceptors (Lipinski definition) is 3. The summed E-state index contributed by atoms with van der Waals surface area (Å²) in [5.41, 5.74) is -0.880. The number of piperidine rings is 1. The van der Waals surface area contributed by atoms with Crippen molar-refractivity contribution in [3.05, 3.63) is 35.4 Å². The van der Waals surface area contributed by atoms with Crippen LogP contribution in [0.25, 0.3) is 0 Å². The van der Waals surface area contributed by atoms with Crippen molar-refractivity contribution >= 4 is 5.91 Å². The van der Waals surface area contributed by atoms with Gasteiger partial charge >= 0.3 is 0 Å². The maximum Gasteiger partial charge on any atom is 0.256 e. The van der Waals surface area contributed by atoms with E-state index in [9.17, 15) is 18.7 Å². The fraction of sp³-hybridized carbons (Fsp3) is 0.611. The zero-order valence-corrected chi connectivity index (χ0v) is 13.7. The van der Waals surface area contributed by atoms with Gasteiger partial charge in [0, 0.05) is 25.7 Å². The number of amides is 1. The average molecular weight is 338 g/mol. The second-order valence-electron chi connectivity index (χ2n) is 6.97. The van der Waals surface area contributed by atoms with Gasteiger partial charge in [-0.05, 0) is 43.4 Å². The van der Waals surface area contributed by atoms with Crippen LogP contribution in [-0.4, -0.2) is 40.6 Å². The predicted molar refractivity (Wildman–Crippen MR) is 86.2 cm³/mol. The molecular weight excluding hydrogens is 314 g/mol. The Hall–Kier alpha value is -1.53. The first-order chi connectivity index (χ1) is 11.5. The molecule has 2 aliphatic rings. The lowest BCUT2D eigenvalue weighted by Crippen LogP contribution is -2.58. The van der Waals surface area contributed by atoms with Crippen molar-refractivity contribution in [1.29, 1.82) is 0 Å². The minimum absolute atomic E-state index is 0.182. The first-order valence-electron chi connectivity index (χ1n) is 8.67. The number of nitrogens with one attached hydrogen (secondary N) is 1. The maximum absolute atomic E-state index is 13.3. The number of rotatable bonds is 5. The molecule has 132 valence electrons. The van der Waals surface area contributed by atoms with Gasteiger partial charge in [0.2, 0.25) is 0 Å². The van der Waals surface area contributed by atoms with Gasteiger partial charge in [-0.2, -0.15) is 0 Å². The molecular formula is C18H24F2N2O2. The van der Waals surface area contributed by atoms with Gasteiger partial charge in [0.1, 0.15) is 0 Å². The van der Waals surface area contributed by atoms with Crippen LogP contribution in [0.1, 0.15) is 44.1 Å². The van der Waals surface area contributed by atoms with Crippen LogP contribution >= 0.6 is 0 Å². The van der Waals surface area contributed by atoms with Gasteiger partial charge in [0.15, 0.2) is 17.2 Å². The Morgan fingerprint density at radius 1 is 1.21 bits per heavy atom. The third-order valence-electron chi connectivity index (χ3n) is 5.10. The lowest BCUT2D eigenvalue weighted by Gasteiger charge is -2.39. The number of nitrogens with zero attached hydrogens (tertiary/aromatic N) is 1. The highest BCUT2D eigenvalue weighted by atomic mass is 19.2. The maximum atomic E-state index is 13.3. The molecule has 1 heterocycles. The van der Waals surface area contributed by atoms with E-state index in [4.69, 9.17) is 0 Å². The Kier molecular flexibility index (Phi) is 5.15. The van der Waals surface area contributed by atoms with E-state index in [1.165, 1.54) is 23.8 Å². The van der Waals surface area contributed by atoms with Crippen molar-refractivity contribution in [2.24, 2.45) is 0 Å². The van der Waals surface area contributed by atoms with E-state index in [0.717, 1.165) is 25.0 Å². The lowest BCUT2D eigenvalue weighted by atomic mass is 9.91. The van der Waals surface area contributed by atoms with Crippen molar-refractivity contribution in [3.8, 4) is 0 Å². The van der Waals surface area contributed by atoms with Crippen molar-refractivity contribution < 1.29 is 18.7 Å². The summed E-state index contributed by atoms with van der Waals surface area (Å²) < 4.78 is 26.4. The third kappa shape index (κ3) is 3.75. The Morgan fingerprint density at radius 2 is 1.96 bits per heavy atom. The van der Waals surface area contributed by atoms with E-state index in [2.05, 4.69) is 5.32 Å². The van der Waals surface area contributed by atoms with Gasteiger partial charge in [-0.1, -0.05) is 18.9 Å². The largest absolute Gasteiger partial charge is 0.379 e. The fourth-order valence-electron chi connectivity index (χ4n) is 3.68. The topological polar surface area (TPSA) is 52.6 Å². The summed E-state index contributed by atoms with van der Waals surface area (Å²) in [6, 6.07) is 4.01. The number of hydrogen-bond donors (Lipinski definition) is 2. The summed E-state index contributed by atoms with van der Waals surface area (Å²) in [6.07, 6.45) is 5.67. The highest BCUT2D eigenvalue weighted by Gasteiger charge is 2.42. The van der Waals surface area contributed by atoms with Crippen molar-refractivity contribution in [3.63, 3.8) is 0 Å². The Labute approximate surface area is 140 Å². The molecule has 1 aliphatic heterocycles. The van der Waals surface area contributed by atoms with Gasteiger partial charge < -0.3 is 15.3 Å². The van der Waals surface area contributed by atoms with Crippen LogP contribution in [0, 0.1) is 11.6 Å². The number of carbonyl (C=O) groups excluding carboxylic acids is 1. The number of halogens is 2. The quantitative estimate of drug-likeness (QED) is 0.867. The molecule has 1 saturated heterocycles. The van der Waals surface area contributed by atoms with Crippen molar-refractivity contribution in [2.75, 3.05) is 13.1 Å². The zero-order valence-electron chi connectivity index (χ0n) is 13.7. The fourth-order valence-corrected chi connectivity index (χ4v) is 3.68. The first kappa shape index (κ1) is 17.3. The van der Waals surface area contributed by atoms with Crippen LogP contribution in [0.4, 0.5) is 8.78 Å². The monoisotopic (exact) mass is 338 g/mol. The van der Waals surface area contributed by atoms with E-state index >= 15 is 0 Å². The van der Waals surface area contributed by atoms with Crippen molar-refractivity contribution in [2.45, 2.75) is 56.7 Å². The molecule has 1 saturated carbocycles. The smallest absolute Gasteiger partial charge is 0.256 e. The summed E-state index contributed by atoms with van der Waals surface area (Å²) in [4.78, 5) is 14.2. The summed E-state index contributed by atoms with van der Waals surface area (Å²) in [6.45, 7) is 0.954. The molecule has 4 nitrogen and oxygen atoms in total. The number of aliphatic hydroxyl groups is 1. The molecule has 1 atom stereocenters. The second-order valence-corrected chi connectivity index (χ2v) is 6.97. The summed E-state index contributed by atoms with van der Waals surface area (Å²) in [5, 5.41) is 14.1. The minimum Gasteiger partial charge on any atom is -0.379 e. The van der Waals surface area contributed by atoms with Crippen LogP contribution in [0.15, 0.2) is 18.2 Å². The molecule has 1 aromatic rings. The molecule has 0 radical (unpaired) electrons. The lowest BCUT2D eigenvalue weighted by molar-refractivity contribution is -0.157. The Balaban J connectivity index is 1.63. The summed E-state index contributed by atoms with van der Waals surface area (Å²) >= 11 is 0. The molecule has 0 unspecified atom stereocenters. The normalized spacial score (nSPS) is 25.5. The Morgan fingerprint density at radius 3 is 2.67 bits per heavy atom. The minimum atomic E-state index is -1.40. The number of likely N-dealkylation sites (tertiary alicyclic amines) is 1. The second kappa shape index (κ2) is 7.15. The van der Waals surface area contributed by atoms with E-state index in [0.29, 0.717) is 31.0 Å². The SMILES string of the molecule is O=C1N(Cc2ccc(F)c(F)c2)CCC[C@]1(O)CNC1CCCC1. The number of carbonyl (C=O) groups is 1. The molecule has 1 aliphatic carbocycles. The van der Waals surface area contributed by atoms with Crippen LogP contribution in [0.2, 0.25) is 0 Å². The highest BCUT2D eigenvalue weighted by molar-refractivity contribution is 5.86. The molecule has 0 aromatic heterocycles. The van der Waals surface area contributed by atoms with Gasteiger partial charge in [0.25, 0.3) is 5.91 Å². The van der Waals surface area contributed by atoms with Gasteiger partial charge in [-0.15, -0.1) is 0 Å². The molecule has 1 aromatic carbocycles. The van der Waals surface area contributed by atoms with Crippen molar-refractivity contribution in [1.82, 2.24) is 10.2 Å². The van der Waals surface area contributed by atoms with Gasteiger partial charge in [0.05, 0.1) is 0 Å². The van der Waals surface area contributed by atoms with E-state index in [1.54, 1.807) is 0 Å². The van der Waals surface area contributed by atoms with E-state index in [-0.39, 0.29) is 19.0 Å². The molecule has 6 heteroatoms. The summed E-state index contributed by atoms with van der Waals surface area (Å²) in [7, 11) is 0. The van der Waals surface area contributed by atoms with Crippen LogP contribution in [-0.2, 0) is 11.3 Å². The standard InChI is InChI=1S/C18H24F2N2O2/c19-15-7-6-13(10-16(15)20)11-22-9-3-8-18(24,17(22)23)12-21-14-4-1-2-5-14/h6-7,10,14,21,24H,1-5,8-9,11-12H2/t18-/m0/s1. The highest BCUT2D eigenvalue weighted by Crippen LogP contribution is 2.25. The van der Waals surface area contributed by atoms with Crippen LogP contribution in [0.3, 0.4) is 0 Å². The zero-order chi connectivity index (χ0) is 17.2. The predicted octanol–water partition coefficient (Wildman–Crippen LogP) is 2.35. The molecule has 0 spiro atoms. The molecule has 3 rings (SSSR count). The van der Waals surface area contributed by atoms with Crippen LogP contribution < -0.4 is 5.32 Å². The summed E-state index contributed by atoms with van der Waals surface area (Å²) in [5.74, 6) is -2.15. The Bertz CT molecular complexity index is 605. The molecule has 24 heavy (non-hydrogen) atoms. The molecule has 2 fully saturated rings.